The van der Waals surface area contributed by atoms with Crippen LogP contribution >= 0.6 is 11.6 Å². The lowest BCUT2D eigenvalue weighted by Crippen LogP contribution is -2.54. The van der Waals surface area contributed by atoms with Gasteiger partial charge in [0.05, 0.1) is 0 Å². The SMILES string of the molecule is CC(C)(Oc1ccc(Cl)cc1)C(=O)OC1CCC2C3CC[C@H]4CC(=O)CC[C@]4(C)C3CC[C@]12C. The predicted molar refractivity (Wildman–Crippen MR) is 133 cm³/mol. The maximum absolute atomic E-state index is 13.3. The Morgan fingerprint density at radius 3 is 2.41 bits per heavy atom. The summed E-state index contributed by atoms with van der Waals surface area (Å²) < 4.78 is 12.2. The number of hydrogen-bond donors (Lipinski definition) is 0. The minimum Gasteiger partial charge on any atom is -0.476 e. The summed E-state index contributed by atoms with van der Waals surface area (Å²) in [5.41, 5.74) is -0.734. The molecule has 7 atom stereocenters. The fourth-order valence-electron chi connectivity index (χ4n) is 8.30. The minimum absolute atomic E-state index is 0.0286. The molecule has 5 heteroatoms. The van der Waals surface area contributed by atoms with Gasteiger partial charge in [0.1, 0.15) is 17.6 Å². The van der Waals surface area contributed by atoms with Crippen molar-refractivity contribution in [3.63, 3.8) is 0 Å². The van der Waals surface area contributed by atoms with E-state index in [9.17, 15) is 9.59 Å². The third-order valence-corrected chi connectivity index (χ3v) is 10.6. The Morgan fingerprint density at radius 1 is 0.971 bits per heavy atom. The molecule has 186 valence electrons. The molecule has 0 bridgehead atoms. The van der Waals surface area contributed by atoms with Crippen molar-refractivity contribution in [1.82, 2.24) is 0 Å². The Bertz CT molecular complexity index is 955. The molecule has 1 aromatic carbocycles. The van der Waals surface area contributed by atoms with Crippen LogP contribution in [-0.4, -0.2) is 23.5 Å². The second-order valence-electron chi connectivity index (χ2n) is 12.5. The predicted octanol–water partition coefficient (Wildman–Crippen LogP) is 7.02. The molecule has 4 unspecified atom stereocenters. The van der Waals surface area contributed by atoms with Crippen LogP contribution in [0.2, 0.25) is 5.02 Å². The van der Waals surface area contributed by atoms with Gasteiger partial charge in [0.2, 0.25) is 0 Å². The van der Waals surface area contributed by atoms with E-state index in [0.717, 1.165) is 38.5 Å². The van der Waals surface area contributed by atoms with Crippen molar-refractivity contribution in [3.8, 4) is 5.75 Å². The van der Waals surface area contributed by atoms with Crippen LogP contribution in [0.5, 0.6) is 5.75 Å². The van der Waals surface area contributed by atoms with Crippen LogP contribution in [0.25, 0.3) is 0 Å². The van der Waals surface area contributed by atoms with E-state index in [1.807, 2.05) is 0 Å². The summed E-state index contributed by atoms with van der Waals surface area (Å²) in [6, 6.07) is 7.08. The molecule has 4 fully saturated rings. The number of esters is 1. The van der Waals surface area contributed by atoms with Gasteiger partial charge in [0.25, 0.3) is 0 Å². The third-order valence-electron chi connectivity index (χ3n) is 10.3. The van der Waals surface area contributed by atoms with Crippen molar-refractivity contribution in [3.05, 3.63) is 29.3 Å². The van der Waals surface area contributed by atoms with E-state index in [1.165, 1.54) is 19.3 Å². The molecule has 0 saturated heterocycles. The maximum atomic E-state index is 13.3. The molecular weight excluding hydrogens is 448 g/mol. The molecule has 0 radical (unpaired) electrons. The second-order valence-corrected chi connectivity index (χ2v) is 12.9. The number of hydrogen-bond acceptors (Lipinski definition) is 4. The fraction of sp³-hybridized carbons (Fsp3) is 0.724. The number of rotatable bonds is 4. The average molecular weight is 487 g/mol. The molecule has 0 aliphatic heterocycles. The van der Waals surface area contributed by atoms with Crippen LogP contribution in [0, 0.1) is 34.5 Å². The van der Waals surface area contributed by atoms with E-state index in [2.05, 4.69) is 13.8 Å². The second kappa shape index (κ2) is 8.54. The number of halogens is 1. The molecule has 4 nitrogen and oxygen atoms in total. The van der Waals surface area contributed by atoms with Crippen molar-refractivity contribution < 1.29 is 19.1 Å². The van der Waals surface area contributed by atoms with Crippen molar-refractivity contribution in [2.24, 2.45) is 34.5 Å². The molecular formula is C29H39ClO4. The summed E-state index contributed by atoms with van der Waals surface area (Å²) in [5.74, 6) is 3.35. The van der Waals surface area contributed by atoms with Crippen LogP contribution in [0.15, 0.2) is 24.3 Å². The highest BCUT2D eigenvalue weighted by Crippen LogP contribution is 2.66. The molecule has 0 aromatic heterocycles. The number of benzene rings is 1. The van der Waals surface area contributed by atoms with Crippen LogP contribution in [-0.2, 0) is 14.3 Å². The van der Waals surface area contributed by atoms with E-state index in [-0.39, 0.29) is 17.5 Å². The molecule has 34 heavy (non-hydrogen) atoms. The van der Waals surface area contributed by atoms with Crippen molar-refractivity contribution in [2.45, 2.75) is 97.2 Å². The zero-order valence-corrected chi connectivity index (χ0v) is 21.8. The summed E-state index contributed by atoms with van der Waals surface area (Å²) in [5, 5.41) is 0.635. The average Bonchev–Trinajstić information content (AvgIpc) is 3.12. The summed E-state index contributed by atoms with van der Waals surface area (Å²) in [6.45, 7) is 8.40. The lowest BCUT2D eigenvalue weighted by atomic mass is 9.45. The Kier molecular flexibility index (Phi) is 6.06. The number of fused-ring (bicyclic) bond motifs is 5. The van der Waals surface area contributed by atoms with Crippen LogP contribution in [0.1, 0.15) is 85.5 Å². The van der Waals surface area contributed by atoms with Gasteiger partial charge < -0.3 is 9.47 Å². The lowest BCUT2D eigenvalue weighted by Gasteiger charge is -2.60. The van der Waals surface area contributed by atoms with E-state index in [0.29, 0.717) is 45.6 Å². The molecule has 4 aliphatic rings. The number of Topliss-reactive ketones (excluding diaryl/α,β-unsaturated/α-hetero) is 1. The highest BCUT2D eigenvalue weighted by atomic mass is 35.5. The number of carbonyl (C=O) groups is 2. The molecule has 4 saturated carbocycles. The molecule has 5 rings (SSSR count). The van der Waals surface area contributed by atoms with Crippen LogP contribution in [0.4, 0.5) is 0 Å². The van der Waals surface area contributed by atoms with E-state index in [1.54, 1.807) is 38.1 Å². The largest absolute Gasteiger partial charge is 0.476 e. The summed E-state index contributed by atoms with van der Waals surface area (Å²) >= 11 is 5.98. The smallest absolute Gasteiger partial charge is 0.350 e. The standard InChI is InChI=1S/C29H39ClO4/c1-27(2,34-21-8-6-19(30)7-9-21)26(32)33-25-12-11-23-22-10-5-18-17-20(31)13-15-28(18,3)24(22)14-16-29(23,25)4/h6-9,18,22-25H,5,10-17H2,1-4H3/t18-,22?,23?,24?,25?,28-,29-/m0/s1. The Labute approximate surface area is 209 Å². The van der Waals surface area contributed by atoms with Crippen LogP contribution < -0.4 is 4.74 Å². The Morgan fingerprint density at radius 2 is 1.68 bits per heavy atom. The van der Waals surface area contributed by atoms with Crippen molar-refractivity contribution in [2.75, 3.05) is 0 Å². The van der Waals surface area contributed by atoms with E-state index >= 15 is 0 Å². The molecule has 0 N–H and O–H groups in total. The highest BCUT2D eigenvalue weighted by molar-refractivity contribution is 6.30. The third kappa shape index (κ3) is 3.98. The first-order chi connectivity index (χ1) is 16.0. The summed E-state index contributed by atoms with van der Waals surface area (Å²) in [6.07, 6.45) is 9.34. The number of ether oxygens (including phenoxy) is 2. The Balaban J connectivity index is 1.28. The maximum Gasteiger partial charge on any atom is 0.350 e. The molecule has 1 aromatic rings. The molecule has 0 heterocycles. The van der Waals surface area contributed by atoms with Gasteiger partial charge in [-0.2, -0.15) is 0 Å². The topological polar surface area (TPSA) is 52.6 Å². The number of carbonyl (C=O) groups excluding carboxylic acids is 2. The summed E-state index contributed by atoms with van der Waals surface area (Å²) in [7, 11) is 0. The summed E-state index contributed by atoms with van der Waals surface area (Å²) in [4.78, 5) is 25.4. The molecule has 4 aliphatic carbocycles. The van der Waals surface area contributed by atoms with Gasteiger partial charge in [-0.15, -0.1) is 0 Å². The van der Waals surface area contributed by atoms with Crippen LogP contribution in [0.3, 0.4) is 0 Å². The van der Waals surface area contributed by atoms with Gasteiger partial charge in [-0.1, -0.05) is 25.4 Å². The minimum atomic E-state index is -1.07. The fourth-order valence-corrected chi connectivity index (χ4v) is 8.43. The first kappa shape index (κ1) is 24.2. The van der Waals surface area contributed by atoms with Gasteiger partial charge in [-0.25, -0.2) is 4.79 Å². The Hall–Kier alpha value is -1.55. The zero-order chi connectivity index (χ0) is 24.3. The van der Waals surface area contributed by atoms with Gasteiger partial charge in [-0.05, 0) is 112 Å². The van der Waals surface area contributed by atoms with Gasteiger partial charge in [0.15, 0.2) is 5.60 Å². The highest BCUT2D eigenvalue weighted by Gasteiger charge is 2.61. The van der Waals surface area contributed by atoms with Gasteiger partial charge >= 0.3 is 5.97 Å². The van der Waals surface area contributed by atoms with Crippen molar-refractivity contribution in [1.29, 1.82) is 0 Å². The normalized spacial score (nSPS) is 39.6. The van der Waals surface area contributed by atoms with E-state index < -0.39 is 5.60 Å². The zero-order valence-electron chi connectivity index (χ0n) is 21.1. The van der Waals surface area contributed by atoms with Gasteiger partial charge in [0, 0.05) is 23.3 Å². The molecule has 0 amide bonds. The van der Waals surface area contributed by atoms with E-state index in [4.69, 9.17) is 21.1 Å². The number of ketones is 1. The first-order valence-corrected chi connectivity index (χ1v) is 13.6. The van der Waals surface area contributed by atoms with Gasteiger partial charge in [-0.3, -0.25) is 4.79 Å². The lowest BCUT2D eigenvalue weighted by molar-refractivity contribution is -0.177. The molecule has 0 spiro atoms. The first-order valence-electron chi connectivity index (χ1n) is 13.2. The quantitative estimate of drug-likeness (QED) is 0.429. The monoisotopic (exact) mass is 486 g/mol. The van der Waals surface area contributed by atoms with Crippen molar-refractivity contribution >= 4 is 23.4 Å².